The van der Waals surface area contributed by atoms with Crippen molar-refractivity contribution in [3.05, 3.63) is 59.9 Å². The predicted molar refractivity (Wildman–Crippen MR) is 110 cm³/mol. The summed E-state index contributed by atoms with van der Waals surface area (Å²) < 4.78 is 13.5. The van der Waals surface area contributed by atoms with Crippen LogP contribution in [0.15, 0.2) is 48.5 Å². The SMILES string of the molecule is CCC(=O)NC[C@@H]1[C@H](c2ccc(-c3cccc(F)c3)cc2)[C@H](CO)N1C(=O)CC. The Labute approximate surface area is 170 Å². The maximum Gasteiger partial charge on any atom is 0.222 e. The van der Waals surface area contributed by atoms with E-state index in [9.17, 15) is 19.1 Å². The van der Waals surface area contributed by atoms with Crippen molar-refractivity contribution in [3.8, 4) is 11.1 Å². The fourth-order valence-corrected chi connectivity index (χ4v) is 4.08. The van der Waals surface area contributed by atoms with Crippen molar-refractivity contribution < 1.29 is 19.1 Å². The Balaban J connectivity index is 1.85. The molecule has 2 aromatic carbocycles. The Morgan fingerprint density at radius 3 is 2.34 bits per heavy atom. The van der Waals surface area contributed by atoms with Crippen LogP contribution in [0.5, 0.6) is 0 Å². The number of rotatable bonds is 7. The van der Waals surface area contributed by atoms with E-state index in [1.165, 1.54) is 12.1 Å². The summed E-state index contributed by atoms with van der Waals surface area (Å²) in [5, 5.41) is 12.8. The van der Waals surface area contributed by atoms with Crippen molar-refractivity contribution in [1.82, 2.24) is 10.2 Å². The molecule has 2 aromatic rings. The second-order valence-electron chi connectivity index (χ2n) is 7.29. The second kappa shape index (κ2) is 9.18. The lowest BCUT2D eigenvalue weighted by Gasteiger charge is -2.55. The highest BCUT2D eigenvalue weighted by atomic mass is 19.1. The molecule has 0 bridgehead atoms. The summed E-state index contributed by atoms with van der Waals surface area (Å²) in [6, 6.07) is 13.7. The van der Waals surface area contributed by atoms with Crippen LogP contribution in [0.4, 0.5) is 4.39 Å². The Morgan fingerprint density at radius 1 is 1.03 bits per heavy atom. The van der Waals surface area contributed by atoms with Crippen LogP contribution in [0.3, 0.4) is 0 Å². The standard InChI is InChI=1S/C23H27FN2O3/c1-3-21(28)25-13-19-23(20(14-27)26(19)22(29)4-2)16-10-8-15(9-11-16)17-6-5-7-18(24)12-17/h5-12,19-20,23,27H,3-4,13-14H2,1-2H3,(H,25,28)/t19-,20+,23+/m1/s1. The van der Waals surface area contributed by atoms with Gasteiger partial charge in [-0.25, -0.2) is 4.39 Å². The fraction of sp³-hybridized carbons (Fsp3) is 0.391. The summed E-state index contributed by atoms with van der Waals surface area (Å²) in [6.45, 7) is 3.79. The molecule has 0 radical (unpaired) electrons. The van der Waals surface area contributed by atoms with E-state index < -0.39 is 0 Å². The van der Waals surface area contributed by atoms with E-state index in [1.54, 1.807) is 24.8 Å². The molecular weight excluding hydrogens is 371 g/mol. The summed E-state index contributed by atoms with van der Waals surface area (Å²) >= 11 is 0. The number of nitrogens with one attached hydrogen (secondary N) is 1. The molecule has 6 heteroatoms. The highest BCUT2D eigenvalue weighted by Gasteiger charge is 2.50. The zero-order valence-corrected chi connectivity index (χ0v) is 16.8. The first-order valence-electron chi connectivity index (χ1n) is 10.0. The van der Waals surface area contributed by atoms with E-state index in [2.05, 4.69) is 5.32 Å². The first-order valence-corrected chi connectivity index (χ1v) is 10.0. The molecule has 1 heterocycles. The number of nitrogens with zero attached hydrogens (tertiary/aromatic N) is 1. The minimum Gasteiger partial charge on any atom is -0.394 e. The minimum atomic E-state index is -0.314. The Morgan fingerprint density at radius 2 is 1.76 bits per heavy atom. The summed E-state index contributed by atoms with van der Waals surface area (Å²) in [5.74, 6) is -0.463. The molecule has 2 N–H and O–H groups in total. The molecule has 3 atom stereocenters. The van der Waals surface area contributed by atoms with Gasteiger partial charge in [0, 0.05) is 25.3 Å². The van der Waals surface area contributed by atoms with Crippen LogP contribution in [-0.4, -0.2) is 47.1 Å². The minimum absolute atomic E-state index is 0.0348. The average molecular weight is 398 g/mol. The van der Waals surface area contributed by atoms with Crippen molar-refractivity contribution in [2.45, 2.75) is 44.7 Å². The number of carbonyl (C=O) groups excluding carboxylic acids is 2. The summed E-state index contributed by atoms with van der Waals surface area (Å²) in [7, 11) is 0. The number of aliphatic hydroxyl groups excluding tert-OH is 1. The number of benzene rings is 2. The molecule has 0 spiro atoms. The van der Waals surface area contributed by atoms with Crippen LogP contribution in [-0.2, 0) is 9.59 Å². The smallest absolute Gasteiger partial charge is 0.222 e. The monoisotopic (exact) mass is 398 g/mol. The zero-order chi connectivity index (χ0) is 21.0. The molecular formula is C23H27FN2O3. The van der Waals surface area contributed by atoms with Crippen LogP contribution >= 0.6 is 0 Å². The first kappa shape index (κ1) is 21.0. The van der Waals surface area contributed by atoms with Gasteiger partial charge < -0.3 is 15.3 Å². The van der Waals surface area contributed by atoms with Crippen molar-refractivity contribution in [3.63, 3.8) is 0 Å². The maximum atomic E-state index is 13.5. The van der Waals surface area contributed by atoms with E-state index >= 15 is 0 Å². The lowest BCUT2D eigenvalue weighted by atomic mass is 9.74. The molecule has 1 saturated heterocycles. The third-order valence-electron chi connectivity index (χ3n) is 5.60. The molecule has 1 aliphatic rings. The molecule has 1 aliphatic heterocycles. The van der Waals surface area contributed by atoms with Crippen LogP contribution in [0.2, 0.25) is 0 Å². The van der Waals surface area contributed by atoms with Gasteiger partial charge in [-0.15, -0.1) is 0 Å². The van der Waals surface area contributed by atoms with Gasteiger partial charge in [0.15, 0.2) is 0 Å². The molecule has 154 valence electrons. The van der Waals surface area contributed by atoms with E-state index in [0.29, 0.717) is 19.4 Å². The molecule has 2 amide bonds. The van der Waals surface area contributed by atoms with Gasteiger partial charge in [-0.3, -0.25) is 9.59 Å². The van der Waals surface area contributed by atoms with Gasteiger partial charge >= 0.3 is 0 Å². The second-order valence-corrected chi connectivity index (χ2v) is 7.29. The summed E-state index contributed by atoms with van der Waals surface area (Å²) in [5.41, 5.74) is 2.67. The third-order valence-corrected chi connectivity index (χ3v) is 5.60. The molecule has 0 aromatic heterocycles. The molecule has 1 fully saturated rings. The van der Waals surface area contributed by atoms with Crippen LogP contribution in [0, 0.1) is 5.82 Å². The molecule has 0 unspecified atom stereocenters. The lowest BCUT2D eigenvalue weighted by molar-refractivity contribution is -0.150. The van der Waals surface area contributed by atoms with Gasteiger partial charge in [0.2, 0.25) is 11.8 Å². The predicted octanol–water partition coefficient (Wildman–Crippen LogP) is 3.08. The number of aliphatic hydroxyl groups is 1. The van der Waals surface area contributed by atoms with Gasteiger partial charge in [0.1, 0.15) is 5.82 Å². The Hall–Kier alpha value is -2.73. The normalized spacial score (nSPS) is 20.8. The van der Waals surface area contributed by atoms with E-state index in [1.807, 2.05) is 30.3 Å². The van der Waals surface area contributed by atoms with Crippen molar-refractivity contribution in [1.29, 1.82) is 0 Å². The number of amides is 2. The number of hydrogen-bond acceptors (Lipinski definition) is 3. The quantitative estimate of drug-likeness (QED) is 0.753. The van der Waals surface area contributed by atoms with Crippen LogP contribution in [0.25, 0.3) is 11.1 Å². The van der Waals surface area contributed by atoms with Crippen LogP contribution in [0.1, 0.15) is 38.2 Å². The maximum absolute atomic E-state index is 13.5. The number of halogens is 1. The number of carbonyl (C=O) groups is 2. The van der Waals surface area contributed by atoms with Crippen molar-refractivity contribution >= 4 is 11.8 Å². The molecule has 0 saturated carbocycles. The highest BCUT2D eigenvalue weighted by Crippen LogP contribution is 2.41. The van der Waals surface area contributed by atoms with E-state index in [4.69, 9.17) is 0 Å². The first-order chi connectivity index (χ1) is 14.0. The van der Waals surface area contributed by atoms with Crippen molar-refractivity contribution in [2.75, 3.05) is 13.2 Å². The van der Waals surface area contributed by atoms with Gasteiger partial charge in [-0.1, -0.05) is 50.2 Å². The Kier molecular flexibility index (Phi) is 6.64. The van der Waals surface area contributed by atoms with Gasteiger partial charge in [0.05, 0.1) is 18.7 Å². The topological polar surface area (TPSA) is 69.6 Å². The van der Waals surface area contributed by atoms with Crippen molar-refractivity contribution in [2.24, 2.45) is 0 Å². The van der Waals surface area contributed by atoms with Crippen LogP contribution < -0.4 is 5.32 Å². The number of hydrogen-bond donors (Lipinski definition) is 2. The van der Waals surface area contributed by atoms with Gasteiger partial charge in [0.25, 0.3) is 0 Å². The largest absolute Gasteiger partial charge is 0.394 e. The zero-order valence-electron chi connectivity index (χ0n) is 16.8. The van der Waals surface area contributed by atoms with E-state index in [-0.39, 0.29) is 42.2 Å². The molecule has 0 aliphatic carbocycles. The third kappa shape index (κ3) is 4.32. The average Bonchev–Trinajstić information content (AvgIpc) is 2.73. The highest BCUT2D eigenvalue weighted by molar-refractivity contribution is 5.79. The fourth-order valence-electron chi connectivity index (χ4n) is 4.08. The lowest BCUT2D eigenvalue weighted by Crippen LogP contribution is -2.68. The number of likely N-dealkylation sites (tertiary alicyclic amines) is 1. The Bertz CT molecular complexity index is 869. The molecule has 29 heavy (non-hydrogen) atoms. The molecule has 3 rings (SSSR count). The van der Waals surface area contributed by atoms with Gasteiger partial charge in [-0.2, -0.15) is 0 Å². The molecule has 5 nitrogen and oxygen atoms in total. The van der Waals surface area contributed by atoms with E-state index in [0.717, 1.165) is 16.7 Å². The summed E-state index contributed by atoms with van der Waals surface area (Å²) in [6.07, 6.45) is 0.727. The summed E-state index contributed by atoms with van der Waals surface area (Å²) in [4.78, 5) is 25.8. The van der Waals surface area contributed by atoms with Gasteiger partial charge in [-0.05, 0) is 28.8 Å².